The van der Waals surface area contributed by atoms with Gasteiger partial charge in [0.2, 0.25) is 0 Å². The van der Waals surface area contributed by atoms with Crippen LogP contribution in [0.5, 0.6) is 0 Å². The molecule has 0 unspecified atom stereocenters. The molecule has 27 heavy (non-hydrogen) atoms. The average Bonchev–Trinajstić information content (AvgIpc) is 2.68. The van der Waals surface area contributed by atoms with Crippen LogP contribution < -0.4 is 15.3 Å². The highest BCUT2D eigenvalue weighted by Gasteiger charge is 2.19. The van der Waals surface area contributed by atoms with Gasteiger partial charge in [-0.2, -0.15) is 5.48 Å². The molecule has 0 aliphatic carbocycles. The lowest BCUT2D eigenvalue weighted by Crippen LogP contribution is -2.41. The van der Waals surface area contributed by atoms with Crippen molar-refractivity contribution >= 4 is 29.2 Å². The summed E-state index contributed by atoms with van der Waals surface area (Å²) in [5, 5.41) is 0. The van der Waals surface area contributed by atoms with E-state index in [1.807, 2.05) is 31.2 Å². The predicted molar refractivity (Wildman–Crippen MR) is 105 cm³/mol. The zero-order chi connectivity index (χ0) is 19.6. The third kappa shape index (κ3) is 6.27. The Morgan fingerprint density at radius 1 is 1.11 bits per heavy atom. The summed E-state index contributed by atoms with van der Waals surface area (Å²) >= 11 is 0. The Kier molecular flexibility index (Phi) is 8.10. The van der Waals surface area contributed by atoms with Crippen LogP contribution in [0.25, 0.3) is 0 Å². The number of nitrogens with zero attached hydrogens (tertiary/aromatic N) is 2. The molecule has 1 saturated heterocycles. The summed E-state index contributed by atoms with van der Waals surface area (Å²) in [5.74, 6) is -0.140. The summed E-state index contributed by atoms with van der Waals surface area (Å²) in [6, 6.07) is 7.23. The van der Waals surface area contributed by atoms with Crippen molar-refractivity contribution in [3.8, 4) is 0 Å². The number of piperidine rings is 1. The number of carbonyl (C=O) groups excluding carboxylic acids is 3. The van der Waals surface area contributed by atoms with E-state index in [-0.39, 0.29) is 6.42 Å². The molecule has 2 rings (SSSR count). The molecular formula is C20H29N3O4. The van der Waals surface area contributed by atoms with Crippen LogP contribution in [0, 0.1) is 0 Å². The third-order valence-electron chi connectivity index (χ3n) is 4.53. The molecule has 2 amide bonds. The van der Waals surface area contributed by atoms with Gasteiger partial charge in [0.1, 0.15) is 5.78 Å². The van der Waals surface area contributed by atoms with Crippen molar-refractivity contribution in [2.24, 2.45) is 0 Å². The Hall–Kier alpha value is -2.57. The van der Waals surface area contributed by atoms with Crippen molar-refractivity contribution in [1.29, 1.82) is 0 Å². The maximum absolute atomic E-state index is 12.5. The number of anilines is 2. The van der Waals surface area contributed by atoms with E-state index in [1.54, 1.807) is 4.90 Å². The summed E-state index contributed by atoms with van der Waals surface area (Å²) in [6.45, 7) is 5.91. The quantitative estimate of drug-likeness (QED) is 0.739. The first-order chi connectivity index (χ1) is 13.0. The van der Waals surface area contributed by atoms with Gasteiger partial charge in [0.05, 0.1) is 0 Å². The summed E-state index contributed by atoms with van der Waals surface area (Å²) in [6.07, 6.45) is 3.87. The van der Waals surface area contributed by atoms with E-state index >= 15 is 0 Å². The van der Waals surface area contributed by atoms with Crippen molar-refractivity contribution in [3.05, 3.63) is 24.3 Å². The average molecular weight is 375 g/mol. The second kappa shape index (κ2) is 10.5. The molecule has 7 heteroatoms. The minimum atomic E-state index is -0.454. The molecule has 1 fully saturated rings. The number of hydroxylamine groups is 1. The normalized spacial score (nSPS) is 14.0. The molecule has 0 bridgehead atoms. The number of ketones is 1. The maximum atomic E-state index is 12.5. The largest absolute Gasteiger partial charge is 0.371 e. The molecule has 1 aromatic rings. The lowest BCUT2D eigenvalue weighted by Gasteiger charge is -2.29. The minimum Gasteiger partial charge on any atom is -0.371 e. The molecule has 1 N–H and O–H groups in total. The number of amides is 2. The highest BCUT2D eigenvalue weighted by atomic mass is 16.7. The van der Waals surface area contributed by atoms with Crippen LogP contribution in [0.1, 0.15) is 52.4 Å². The van der Waals surface area contributed by atoms with Crippen molar-refractivity contribution in [2.75, 3.05) is 29.4 Å². The maximum Gasteiger partial charge on any atom is 0.355 e. The van der Waals surface area contributed by atoms with E-state index in [0.717, 1.165) is 37.3 Å². The molecule has 1 heterocycles. The molecule has 0 radical (unpaired) electrons. The van der Waals surface area contributed by atoms with Crippen LogP contribution in [0.15, 0.2) is 24.3 Å². The van der Waals surface area contributed by atoms with Crippen LogP contribution in [-0.2, 0) is 14.4 Å². The Balaban J connectivity index is 2.03. The molecule has 0 saturated carbocycles. The fourth-order valence-electron chi connectivity index (χ4n) is 2.93. The number of hydrogen-bond donors (Lipinski definition) is 1. The lowest BCUT2D eigenvalue weighted by atomic mass is 10.1. The molecule has 0 spiro atoms. The molecule has 7 nitrogen and oxygen atoms in total. The van der Waals surface area contributed by atoms with Crippen molar-refractivity contribution < 1.29 is 19.2 Å². The monoisotopic (exact) mass is 375 g/mol. The standard InChI is InChI=1S/C20H29N3O4/c1-3-5-13-23(20(26)21-27-19(25)6-4-2)17-9-7-16(8-10-17)22-14-11-18(24)12-15-22/h7-10H,3-6,11-15H2,1-2H3,(H,21,26). The van der Waals surface area contributed by atoms with Crippen molar-refractivity contribution in [2.45, 2.75) is 52.4 Å². The Bertz CT molecular complexity index is 635. The van der Waals surface area contributed by atoms with E-state index < -0.39 is 12.0 Å². The number of carbonyl (C=O) groups is 3. The number of urea groups is 1. The fourth-order valence-corrected chi connectivity index (χ4v) is 2.93. The van der Waals surface area contributed by atoms with Crippen LogP contribution in [0.2, 0.25) is 0 Å². The molecule has 1 aromatic carbocycles. The molecule has 0 atom stereocenters. The third-order valence-corrected chi connectivity index (χ3v) is 4.53. The first-order valence-corrected chi connectivity index (χ1v) is 9.69. The van der Waals surface area contributed by atoms with Gasteiger partial charge in [-0.05, 0) is 37.1 Å². The van der Waals surface area contributed by atoms with Crippen molar-refractivity contribution in [1.82, 2.24) is 5.48 Å². The summed E-state index contributed by atoms with van der Waals surface area (Å²) < 4.78 is 0. The van der Waals surface area contributed by atoms with Gasteiger partial charge in [-0.3, -0.25) is 9.69 Å². The van der Waals surface area contributed by atoms with Gasteiger partial charge in [-0.25, -0.2) is 9.59 Å². The highest BCUT2D eigenvalue weighted by Crippen LogP contribution is 2.23. The molecule has 0 aromatic heterocycles. The smallest absolute Gasteiger partial charge is 0.355 e. The number of rotatable bonds is 7. The fraction of sp³-hybridized carbons (Fsp3) is 0.550. The summed E-state index contributed by atoms with van der Waals surface area (Å²) in [7, 11) is 0. The van der Waals surface area contributed by atoms with Crippen LogP contribution in [0.4, 0.5) is 16.2 Å². The second-order valence-electron chi connectivity index (χ2n) is 6.68. The van der Waals surface area contributed by atoms with Gasteiger partial charge in [-0.15, -0.1) is 0 Å². The van der Waals surface area contributed by atoms with E-state index in [1.165, 1.54) is 0 Å². The number of nitrogens with one attached hydrogen (secondary N) is 1. The van der Waals surface area contributed by atoms with Crippen LogP contribution >= 0.6 is 0 Å². The summed E-state index contributed by atoms with van der Waals surface area (Å²) in [5.41, 5.74) is 4.03. The minimum absolute atomic E-state index is 0.266. The number of benzene rings is 1. The molecular weight excluding hydrogens is 346 g/mol. The first-order valence-electron chi connectivity index (χ1n) is 9.69. The SMILES string of the molecule is CCCCN(C(=O)NOC(=O)CCC)c1ccc(N2CCC(=O)CC2)cc1. The highest BCUT2D eigenvalue weighted by molar-refractivity contribution is 5.92. The number of Topliss-reactive ketones (excluding diaryl/α,β-unsaturated/α-hetero) is 1. The van der Waals surface area contributed by atoms with Gasteiger partial charge >= 0.3 is 12.0 Å². The van der Waals surface area contributed by atoms with E-state index in [4.69, 9.17) is 4.84 Å². The second-order valence-corrected chi connectivity index (χ2v) is 6.68. The Morgan fingerprint density at radius 3 is 2.37 bits per heavy atom. The van der Waals surface area contributed by atoms with Gasteiger partial charge in [-0.1, -0.05) is 20.3 Å². The zero-order valence-corrected chi connectivity index (χ0v) is 16.2. The van der Waals surface area contributed by atoms with Gasteiger partial charge in [0, 0.05) is 50.3 Å². The van der Waals surface area contributed by atoms with Crippen molar-refractivity contribution in [3.63, 3.8) is 0 Å². The van der Waals surface area contributed by atoms with Gasteiger partial charge in [0.25, 0.3) is 0 Å². The first kappa shape index (κ1) is 20.7. The number of hydrogen-bond acceptors (Lipinski definition) is 5. The van der Waals surface area contributed by atoms with E-state index in [0.29, 0.717) is 31.6 Å². The number of unbranched alkanes of at least 4 members (excludes halogenated alkanes) is 1. The van der Waals surface area contributed by atoms with E-state index in [9.17, 15) is 14.4 Å². The Labute approximate surface area is 160 Å². The van der Waals surface area contributed by atoms with Crippen LogP contribution in [0.3, 0.4) is 0 Å². The Morgan fingerprint density at radius 2 is 1.78 bits per heavy atom. The van der Waals surface area contributed by atoms with Crippen LogP contribution in [-0.4, -0.2) is 37.4 Å². The van der Waals surface area contributed by atoms with Gasteiger partial charge < -0.3 is 9.74 Å². The zero-order valence-electron chi connectivity index (χ0n) is 16.2. The predicted octanol–water partition coefficient (Wildman–Crippen LogP) is 3.43. The molecule has 148 valence electrons. The topological polar surface area (TPSA) is 79.0 Å². The summed E-state index contributed by atoms with van der Waals surface area (Å²) in [4.78, 5) is 43.9. The molecule has 1 aliphatic rings. The lowest BCUT2D eigenvalue weighted by molar-refractivity contribution is -0.148. The van der Waals surface area contributed by atoms with E-state index in [2.05, 4.69) is 17.3 Å². The van der Waals surface area contributed by atoms with Gasteiger partial charge in [0.15, 0.2) is 0 Å². The molecule has 1 aliphatic heterocycles.